The highest BCUT2D eigenvalue weighted by Crippen LogP contribution is 2.60. The van der Waals surface area contributed by atoms with Gasteiger partial charge in [-0.1, -0.05) is 45.2 Å². The van der Waals surface area contributed by atoms with Crippen LogP contribution in [0.1, 0.15) is 33.3 Å². The molecule has 0 radical (unpaired) electrons. The van der Waals surface area contributed by atoms with Gasteiger partial charge in [-0.15, -0.1) is 0 Å². The number of allylic oxidation sites excluding steroid dienone is 5. The van der Waals surface area contributed by atoms with Crippen LogP contribution in [0.3, 0.4) is 0 Å². The van der Waals surface area contributed by atoms with Crippen LogP contribution in [0.25, 0.3) is 0 Å². The van der Waals surface area contributed by atoms with Gasteiger partial charge in [-0.2, -0.15) is 0 Å². The number of hydrogen-bond donors (Lipinski definition) is 0. The van der Waals surface area contributed by atoms with E-state index >= 15 is 0 Å². The predicted octanol–water partition coefficient (Wildman–Crippen LogP) is 5.36. The van der Waals surface area contributed by atoms with Gasteiger partial charge in [-0.3, -0.25) is 10.1 Å². The zero-order chi connectivity index (χ0) is 20.0. The van der Waals surface area contributed by atoms with E-state index in [0.717, 1.165) is 16.8 Å². The first kappa shape index (κ1) is 19.0. The highest BCUT2D eigenvalue weighted by molar-refractivity contribution is 5.53. The van der Waals surface area contributed by atoms with E-state index in [1.807, 2.05) is 12.2 Å². The summed E-state index contributed by atoms with van der Waals surface area (Å²) < 4.78 is 6.66. The Morgan fingerprint density at radius 1 is 1.26 bits per heavy atom. The summed E-state index contributed by atoms with van der Waals surface area (Å²) >= 11 is 0. The summed E-state index contributed by atoms with van der Waals surface area (Å²) in [5.41, 5.74) is 2.08. The molecule has 0 aromatic heterocycles. The summed E-state index contributed by atoms with van der Waals surface area (Å²) in [5.74, 6) is 0.871. The lowest BCUT2D eigenvalue weighted by Crippen LogP contribution is -2.61. The molecule has 0 aliphatic carbocycles. The molecule has 1 saturated heterocycles. The molecule has 3 rings (SSSR count). The third-order valence-electron chi connectivity index (χ3n) is 5.73. The molecule has 1 atom stereocenters. The van der Waals surface area contributed by atoms with Crippen LogP contribution in [-0.4, -0.2) is 15.5 Å². The largest absolute Gasteiger partial charge is 0.466 e. The van der Waals surface area contributed by atoms with Gasteiger partial charge in [0.15, 0.2) is 5.72 Å². The Morgan fingerprint density at radius 2 is 1.93 bits per heavy atom. The zero-order valence-corrected chi connectivity index (χ0v) is 16.4. The van der Waals surface area contributed by atoms with Crippen molar-refractivity contribution < 1.29 is 9.66 Å². The molecule has 5 nitrogen and oxygen atoms in total. The van der Waals surface area contributed by atoms with E-state index in [2.05, 4.69) is 45.8 Å². The van der Waals surface area contributed by atoms with Crippen LogP contribution in [0.5, 0.6) is 5.75 Å². The Morgan fingerprint density at radius 3 is 2.48 bits per heavy atom. The maximum absolute atomic E-state index is 11.2. The first-order valence-electron chi connectivity index (χ1n) is 9.11. The SMILES string of the molecule is C=CC=C1/C(=C\C=C)N2Cc3cc([N+](=O)[O-])ccc3OC2(C(C)C)C1(C)C. The number of nitrogens with zero attached hydrogens (tertiary/aromatic N) is 2. The van der Waals surface area contributed by atoms with Crippen molar-refractivity contribution in [2.45, 2.75) is 40.0 Å². The second-order valence-electron chi connectivity index (χ2n) is 7.82. The summed E-state index contributed by atoms with van der Waals surface area (Å²) in [4.78, 5) is 13.0. The molecule has 142 valence electrons. The highest BCUT2D eigenvalue weighted by atomic mass is 16.6. The van der Waals surface area contributed by atoms with Crippen LogP contribution in [0.15, 0.2) is 66.9 Å². The molecule has 5 heteroatoms. The van der Waals surface area contributed by atoms with Crippen molar-refractivity contribution in [2.24, 2.45) is 11.3 Å². The molecule has 1 aromatic rings. The number of nitro benzene ring substituents is 1. The molecule has 27 heavy (non-hydrogen) atoms. The molecule has 0 saturated carbocycles. The number of non-ortho nitro benzene ring substituents is 1. The summed E-state index contributed by atoms with van der Waals surface area (Å²) in [6, 6.07) is 4.83. The lowest BCUT2D eigenvalue weighted by atomic mass is 9.71. The normalized spacial score (nSPS) is 25.9. The molecule has 0 amide bonds. The molecule has 1 aromatic carbocycles. The Balaban J connectivity index is 2.27. The molecule has 0 bridgehead atoms. The minimum atomic E-state index is -0.611. The van der Waals surface area contributed by atoms with E-state index in [1.54, 1.807) is 24.3 Å². The second-order valence-corrected chi connectivity index (χ2v) is 7.82. The van der Waals surface area contributed by atoms with Gasteiger partial charge in [-0.05, 0) is 31.6 Å². The number of rotatable bonds is 4. The minimum Gasteiger partial charge on any atom is -0.466 e. The van der Waals surface area contributed by atoms with Gasteiger partial charge in [0.05, 0.1) is 16.9 Å². The van der Waals surface area contributed by atoms with E-state index in [4.69, 9.17) is 4.74 Å². The quantitative estimate of drug-likeness (QED) is 0.531. The number of ether oxygens (including phenoxy) is 1. The molecule has 0 spiro atoms. The van der Waals surface area contributed by atoms with Crippen LogP contribution in [0.2, 0.25) is 0 Å². The van der Waals surface area contributed by atoms with Gasteiger partial charge in [0.1, 0.15) is 5.75 Å². The average molecular weight is 366 g/mol. The Hall–Kier alpha value is -2.82. The standard InChI is InChI=1S/C22H26N2O3/c1-7-9-18-19(10-8-2)23-14-16-13-17(24(25)26)11-12-20(16)27-22(23,15(3)4)21(18,5)6/h7-13,15H,1-2,14H2,3-6H3/b18-9?,19-10+. The maximum atomic E-state index is 11.2. The fourth-order valence-electron chi connectivity index (χ4n) is 4.65. The smallest absolute Gasteiger partial charge is 0.270 e. The van der Waals surface area contributed by atoms with Gasteiger partial charge < -0.3 is 9.64 Å². The van der Waals surface area contributed by atoms with E-state index in [9.17, 15) is 10.1 Å². The summed E-state index contributed by atoms with van der Waals surface area (Å²) in [5, 5.41) is 11.2. The van der Waals surface area contributed by atoms with E-state index in [1.165, 1.54) is 6.07 Å². The highest BCUT2D eigenvalue weighted by Gasteiger charge is 2.63. The molecule has 2 heterocycles. The van der Waals surface area contributed by atoms with Crippen LogP contribution in [0, 0.1) is 21.4 Å². The molecule has 1 fully saturated rings. The second kappa shape index (κ2) is 6.41. The van der Waals surface area contributed by atoms with E-state index in [-0.39, 0.29) is 21.9 Å². The monoisotopic (exact) mass is 366 g/mol. The third-order valence-corrected chi connectivity index (χ3v) is 5.73. The van der Waals surface area contributed by atoms with Crippen LogP contribution < -0.4 is 4.74 Å². The van der Waals surface area contributed by atoms with Crippen molar-refractivity contribution in [1.82, 2.24) is 4.90 Å². The maximum Gasteiger partial charge on any atom is 0.270 e. The van der Waals surface area contributed by atoms with Crippen LogP contribution in [0.4, 0.5) is 5.69 Å². The topological polar surface area (TPSA) is 55.6 Å². The average Bonchev–Trinajstić information content (AvgIpc) is 2.79. The molecular weight excluding hydrogens is 340 g/mol. The number of benzene rings is 1. The lowest BCUT2D eigenvalue weighted by molar-refractivity contribution is -0.385. The Bertz CT molecular complexity index is 880. The van der Waals surface area contributed by atoms with E-state index in [0.29, 0.717) is 12.3 Å². The molecular formula is C22H26N2O3. The van der Waals surface area contributed by atoms with Crippen molar-refractivity contribution in [2.75, 3.05) is 0 Å². The molecule has 1 unspecified atom stereocenters. The summed E-state index contributed by atoms with van der Waals surface area (Å²) in [6.45, 7) is 16.9. The third kappa shape index (κ3) is 2.52. The van der Waals surface area contributed by atoms with Gasteiger partial charge >= 0.3 is 0 Å². The van der Waals surface area contributed by atoms with Crippen molar-refractivity contribution in [3.63, 3.8) is 0 Å². The van der Waals surface area contributed by atoms with Crippen molar-refractivity contribution >= 4 is 5.69 Å². The van der Waals surface area contributed by atoms with Gasteiger partial charge in [0.2, 0.25) is 0 Å². The van der Waals surface area contributed by atoms with Crippen molar-refractivity contribution in [3.05, 3.63) is 82.6 Å². The first-order valence-corrected chi connectivity index (χ1v) is 9.11. The van der Waals surface area contributed by atoms with Crippen LogP contribution >= 0.6 is 0 Å². The Kier molecular flexibility index (Phi) is 4.50. The minimum absolute atomic E-state index is 0.0731. The summed E-state index contributed by atoms with van der Waals surface area (Å²) in [6.07, 6.45) is 7.56. The number of hydrogen-bond acceptors (Lipinski definition) is 4. The van der Waals surface area contributed by atoms with Crippen molar-refractivity contribution in [1.29, 1.82) is 0 Å². The van der Waals surface area contributed by atoms with Gasteiger partial charge in [-0.25, -0.2) is 0 Å². The first-order chi connectivity index (χ1) is 12.7. The van der Waals surface area contributed by atoms with Crippen molar-refractivity contribution in [3.8, 4) is 5.75 Å². The number of nitro groups is 1. The molecule has 0 N–H and O–H groups in total. The lowest BCUT2D eigenvalue weighted by Gasteiger charge is -2.52. The predicted molar refractivity (Wildman–Crippen MR) is 107 cm³/mol. The fraction of sp³-hybridized carbons (Fsp3) is 0.364. The van der Waals surface area contributed by atoms with E-state index < -0.39 is 5.72 Å². The van der Waals surface area contributed by atoms with Crippen LogP contribution in [-0.2, 0) is 6.54 Å². The van der Waals surface area contributed by atoms with Gasteiger partial charge in [0, 0.05) is 29.3 Å². The molecule has 2 aliphatic heterocycles. The zero-order valence-electron chi connectivity index (χ0n) is 16.4. The fourth-order valence-corrected chi connectivity index (χ4v) is 4.65. The molecule has 2 aliphatic rings. The Labute approximate surface area is 160 Å². The van der Waals surface area contributed by atoms with Gasteiger partial charge in [0.25, 0.3) is 5.69 Å². The number of fused-ring (bicyclic) bond motifs is 2. The summed E-state index contributed by atoms with van der Waals surface area (Å²) in [7, 11) is 0.